The minimum Gasteiger partial charge on any atom is -0.496 e. The van der Waals surface area contributed by atoms with Crippen LogP contribution in [-0.2, 0) is 11.4 Å². The van der Waals surface area contributed by atoms with Crippen molar-refractivity contribution in [2.45, 2.75) is 6.61 Å². The van der Waals surface area contributed by atoms with Crippen LogP contribution >= 0.6 is 0 Å². The average Bonchev–Trinajstić information content (AvgIpc) is 2.47. The van der Waals surface area contributed by atoms with Crippen molar-refractivity contribution in [3.63, 3.8) is 0 Å². The van der Waals surface area contributed by atoms with Gasteiger partial charge in [-0.2, -0.15) is 0 Å². The van der Waals surface area contributed by atoms with Gasteiger partial charge in [-0.15, -0.1) is 0 Å². The summed E-state index contributed by atoms with van der Waals surface area (Å²) in [4.78, 5) is 16.9. The Bertz CT molecular complexity index is 587. The Kier molecular flexibility index (Phi) is 4.68. The van der Waals surface area contributed by atoms with Gasteiger partial charge in [0, 0.05) is 0 Å². The molecular weight excluding hydrogens is 261 g/mol. The molecule has 0 spiro atoms. The van der Waals surface area contributed by atoms with E-state index in [2.05, 4.69) is 5.48 Å². The van der Waals surface area contributed by atoms with Crippen molar-refractivity contribution in [3.05, 3.63) is 65.5 Å². The molecule has 0 bridgehead atoms. The molecule has 0 fully saturated rings. The standard InChI is InChI=1S/C15H14FNO3/c1-19-13-9-5-8-12(16)14(13)15(18)17-20-10-11-6-3-2-4-7-11/h2-9H,10H2,1H3,(H,17,18). The second-order valence-corrected chi connectivity index (χ2v) is 4.02. The number of amides is 1. The maximum absolute atomic E-state index is 13.6. The summed E-state index contributed by atoms with van der Waals surface area (Å²) in [6.45, 7) is 0.198. The van der Waals surface area contributed by atoms with E-state index in [1.54, 1.807) is 0 Å². The number of hydroxylamine groups is 1. The maximum atomic E-state index is 13.6. The van der Waals surface area contributed by atoms with Crippen molar-refractivity contribution in [1.82, 2.24) is 5.48 Å². The van der Waals surface area contributed by atoms with Crippen LogP contribution in [0.5, 0.6) is 5.75 Å². The largest absolute Gasteiger partial charge is 0.496 e. The summed E-state index contributed by atoms with van der Waals surface area (Å²) in [5.74, 6) is -1.19. The molecule has 0 aliphatic heterocycles. The van der Waals surface area contributed by atoms with Crippen LogP contribution in [-0.4, -0.2) is 13.0 Å². The van der Waals surface area contributed by atoms with Gasteiger partial charge in [-0.1, -0.05) is 36.4 Å². The van der Waals surface area contributed by atoms with Crippen LogP contribution in [0, 0.1) is 5.82 Å². The summed E-state index contributed by atoms with van der Waals surface area (Å²) >= 11 is 0. The number of carbonyl (C=O) groups is 1. The molecule has 0 aliphatic carbocycles. The third kappa shape index (κ3) is 3.33. The van der Waals surface area contributed by atoms with Gasteiger partial charge in [-0.3, -0.25) is 9.63 Å². The molecule has 0 unspecified atom stereocenters. The monoisotopic (exact) mass is 275 g/mol. The first-order chi connectivity index (χ1) is 9.72. The Morgan fingerprint density at radius 3 is 2.60 bits per heavy atom. The van der Waals surface area contributed by atoms with Crippen LogP contribution in [0.3, 0.4) is 0 Å². The van der Waals surface area contributed by atoms with Gasteiger partial charge in [-0.05, 0) is 17.7 Å². The molecular formula is C15H14FNO3. The van der Waals surface area contributed by atoms with Crippen molar-refractivity contribution in [2.75, 3.05) is 7.11 Å². The van der Waals surface area contributed by atoms with Gasteiger partial charge in [0.15, 0.2) is 0 Å². The Labute approximate surface area is 116 Å². The quantitative estimate of drug-likeness (QED) is 0.853. The minimum atomic E-state index is -0.684. The lowest BCUT2D eigenvalue weighted by atomic mass is 10.2. The number of hydrogen-bond donors (Lipinski definition) is 1. The molecule has 104 valence electrons. The molecule has 4 nitrogen and oxygen atoms in total. The highest BCUT2D eigenvalue weighted by molar-refractivity contribution is 5.96. The van der Waals surface area contributed by atoms with E-state index >= 15 is 0 Å². The fraction of sp³-hybridized carbons (Fsp3) is 0.133. The van der Waals surface area contributed by atoms with E-state index in [0.717, 1.165) is 5.56 Å². The highest BCUT2D eigenvalue weighted by Gasteiger charge is 2.17. The number of hydrogen-bond acceptors (Lipinski definition) is 3. The average molecular weight is 275 g/mol. The molecule has 0 radical (unpaired) electrons. The van der Waals surface area contributed by atoms with E-state index in [-0.39, 0.29) is 17.9 Å². The Morgan fingerprint density at radius 2 is 1.90 bits per heavy atom. The van der Waals surface area contributed by atoms with E-state index < -0.39 is 11.7 Å². The predicted octanol–water partition coefficient (Wildman–Crippen LogP) is 2.70. The Morgan fingerprint density at radius 1 is 1.15 bits per heavy atom. The number of benzene rings is 2. The van der Waals surface area contributed by atoms with Crippen LogP contribution in [0.4, 0.5) is 4.39 Å². The zero-order chi connectivity index (χ0) is 14.4. The summed E-state index contributed by atoms with van der Waals surface area (Å²) in [6, 6.07) is 13.5. The molecule has 0 atom stereocenters. The second-order valence-electron chi connectivity index (χ2n) is 4.02. The highest BCUT2D eigenvalue weighted by atomic mass is 19.1. The van der Waals surface area contributed by atoms with Gasteiger partial charge in [0.05, 0.1) is 13.7 Å². The first-order valence-corrected chi connectivity index (χ1v) is 6.01. The van der Waals surface area contributed by atoms with Gasteiger partial charge < -0.3 is 4.74 Å². The van der Waals surface area contributed by atoms with Crippen LogP contribution < -0.4 is 10.2 Å². The molecule has 1 N–H and O–H groups in total. The Hall–Kier alpha value is -2.40. The number of carbonyl (C=O) groups excluding carboxylic acids is 1. The molecule has 2 rings (SSSR count). The van der Waals surface area contributed by atoms with Crippen molar-refractivity contribution in [2.24, 2.45) is 0 Å². The fourth-order valence-corrected chi connectivity index (χ4v) is 1.71. The van der Waals surface area contributed by atoms with Crippen molar-refractivity contribution in [3.8, 4) is 5.75 Å². The molecule has 0 saturated carbocycles. The van der Waals surface area contributed by atoms with E-state index in [1.807, 2.05) is 30.3 Å². The predicted molar refractivity (Wildman–Crippen MR) is 71.6 cm³/mol. The third-order valence-corrected chi connectivity index (χ3v) is 2.67. The van der Waals surface area contributed by atoms with E-state index in [0.29, 0.717) is 0 Å². The second kappa shape index (κ2) is 6.68. The normalized spacial score (nSPS) is 10.1. The number of methoxy groups -OCH3 is 1. The number of rotatable bonds is 5. The summed E-state index contributed by atoms with van der Waals surface area (Å²) < 4.78 is 18.6. The molecule has 2 aromatic rings. The smallest absolute Gasteiger partial charge is 0.281 e. The van der Waals surface area contributed by atoms with Gasteiger partial charge in [0.25, 0.3) is 5.91 Å². The van der Waals surface area contributed by atoms with Crippen molar-refractivity contribution < 1.29 is 18.8 Å². The van der Waals surface area contributed by atoms with E-state index in [1.165, 1.54) is 25.3 Å². The molecule has 20 heavy (non-hydrogen) atoms. The van der Waals surface area contributed by atoms with E-state index in [4.69, 9.17) is 9.57 Å². The Balaban J connectivity index is 1.99. The minimum absolute atomic E-state index is 0.158. The first kappa shape index (κ1) is 14.0. The maximum Gasteiger partial charge on any atom is 0.281 e. The first-order valence-electron chi connectivity index (χ1n) is 6.01. The van der Waals surface area contributed by atoms with Crippen LogP contribution in [0.2, 0.25) is 0 Å². The molecule has 0 aliphatic rings. The molecule has 5 heteroatoms. The summed E-state index contributed by atoms with van der Waals surface area (Å²) in [5.41, 5.74) is 2.92. The van der Waals surface area contributed by atoms with Crippen LogP contribution in [0.25, 0.3) is 0 Å². The number of halogens is 1. The summed E-state index contributed by atoms with van der Waals surface area (Å²) in [6.07, 6.45) is 0. The molecule has 2 aromatic carbocycles. The summed E-state index contributed by atoms with van der Waals surface area (Å²) in [7, 11) is 1.37. The van der Waals surface area contributed by atoms with Gasteiger partial charge >= 0.3 is 0 Å². The van der Waals surface area contributed by atoms with Crippen molar-refractivity contribution >= 4 is 5.91 Å². The van der Waals surface area contributed by atoms with Crippen molar-refractivity contribution in [1.29, 1.82) is 0 Å². The SMILES string of the molecule is COc1cccc(F)c1C(=O)NOCc1ccccc1. The lowest BCUT2D eigenvalue weighted by Gasteiger charge is -2.10. The zero-order valence-electron chi connectivity index (χ0n) is 10.9. The van der Waals surface area contributed by atoms with E-state index in [9.17, 15) is 9.18 Å². The molecule has 0 aromatic heterocycles. The van der Waals surface area contributed by atoms with Gasteiger partial charge in [0.1, 0.15) is 17.1 Å². The fourth-order valence-electron chi connectivity index (χ4n) is 1.71. The van der Waals surface area contributed by atoms with Crippen LogP contribution in [0.15, 0.2) is 48.5 Å². The molecule has 0 heterocycles. The lowest BCUT2D eigenvalue weighted by Crippen LogP contribution is -2.25. The zero-order valence-corrected chi connectivity index (χ0v) is 10.9. The molecule has 0 saturated heterocycles. The molecule has 1 amide bonds. The van der Waals surface area contributed by atoms with Crippen LogP contribution in [0.1, 0.15) is 15.9 Å². The van der Waals surface area contributed by atoms with Gasteiger partial charge in [-0.25, -0.2) is 9.87 Å². The summed E-state index contributed by atoms with van der Waals surface area (Å²) in [5, 5.41) is 0. The van der Waals surface area contributed by atoms with Gasteiger partial charge in [0.2, 0.25) is 0 Å². The topological polar surface area (TPSA) is 47.6 Å². The lowest BCUT2D eigenvalue weighted by molar-refractivity contribution is 0.0228. The highest BCUT2D eigenvalue weighted by Crippen LogP contribution is 2.20. The number of ether oxygens (including phenoxy) is 1. The number of nitrogens with one attached hydrogen (secondary N) is 1. The third-order valence-electron chi connectivity index (χ3n) is 2.67.